The third-order valence-electron chi connectivity index (χ3n) is 3.05. The summed E-state index contributed by atoms with van der Waals surface area (Å²) < 4.78 is 19.4. The Balaban J connectivity index is 2.12. The van der Waals surface area contributed by atoms with E-state index in [0.29, 0.717) is 17.7 Å². The standard InChI is InChI=1S/C16H15BrFNO2/c1-19(16(20)12-4-3-5-13(17)9-12)10-11-6-7-15(21-2)14(18)8-11/h3-9H,10H2,1-2H3. The van der Waals surface area contributed by atoms with Gasteiger partial charge in [0, 0.05) is 23.6 Å². The van der Waals surface area contributed by atoms with Gasteiger partial charge in [-0.15, -0.1) is 0 Å². The van der Waals surface area contributed by atoms with Crippen LogP contribution in [0.15, 0.2) is 46.9 Å². The second-order valence-electron chi connectivity index (χ2n) is 4.64. The molecule has 0 N–H and O–H groups in total. The zero-order valence-electron chi connectivity index (χ0n) is 11.8. The second kappa shape index (κ2) is 6.72. The molecule has 5 heteroatoms. The molecule has 0 saturated heterocycles. The van der Waals surface area contributed by atoms with Crippen molar-refractivity contribution in [1.82, 2.24) is 4.90 Å². The van der Waals surface area contributed by atoms with Crippen molar-refractivity contribution >= 4 is 21.8 Å². The summed E-state index contributed by atoms with van der Waals surface area (Å²) >= 11 is 3.34. The van der Waals surface area contributed by atoms with Gasteiger partial charge in [0.05, 0.1) is 7.11 Å². The van der Waals surface area contributed by atoms with E-state index in [9.17, 15) is 9.18 Å². The highest BCUT2D eigenvalue weighted by molar-refractivity contribution is 9.10. The molecule has 0 aliphatic rings. The highest BCUT2D eigenvalue weighted by Crippen LogP contribution is 2.19. The lowest BCUT2D eigenvalue weighted by Gasteiger charge is -2.18. The van der Waals surface area contributed by atoms with Crippen LogP contribution in [0.3, 0.4) is 0 Å². The van der Waals surface area contributed by atoms with E-state index in [0.717, 1.165) is 4.47 Å². The Labute approximate surface area is 131 Å². The third kappa shape index (κ3) is 3.82. The maximum absolute atomic E-state index is 13.6. The van der Waals surface area contributed by atoms with Crippen molar-refractivity contribution in [2.45, 2.75) is 6.54 Å². The molecule has 0 aliphatic heterocycles. The predicted molar refractivity (Wildman–Crippen MR) is 82.9 cm³/mol. The average Bonchev–Trinajstić information content (AvgIpc) is 2.46. The zero-order valence-corrected chi connectivity index (χ0v) is 13.4. The molecular formula is C16H15BrFNO2. The summed E-state index contributed by atoms with van der Waals surface area (Å²) in [6, 6.07) is 11.8. The van der Waals surface area contributed by atoms with Gasteiger partial charge in [0.25, 0.3) is 5.91 Å². The van der Waals surface area contributed by atoms with Gasteiger partial charge < -0.3 is 9.64 Å². The van der Waals surface area contributed by atoms with Gasteiger partial charge in [-0.3, -0.25) is 4.79 Å². The minimum Gasteiger partial charge on any atom is -0.494 e. The maximum Gasteiger partial charge on any atom is 0.253 e. The first-order chi connectivity index (χ1) is 10.0. The first kappa shape index (κ1) is 15.5. The third-order valence-corrected chi connectivity index (χ3v) is 3.55. The minimum atomic E-state index is -0.432. The van der Waals surface area contributed by atoms with E-state index in [2.05, 4.69) is 15.9 Å². The molecule has 0 heterocycles. The van der Waals surface area contributed by atoms with Crippen molar-refractivity contribution in [2.24, 2.45) is 0 Å². The van der Waals surface area contributed by atoms with Crippen molar-refractivity contribution in [3.8, 4) is 5.75 Å². The molecular weight excluding hydrogens is 337 g/mol. The number of nitrogens with zero attached hydrogens (tertiary/aromatic N) is 1. The molecule has 3 nitrogen and oxygen atoms in total. The van der Waals surface area contributed by atoms with Crippen LogP contribution in [0.25, 0.3) is 0 Å². The molecule has 0 atom stereocenters. The normalized spacial score (nSPS) is 10.3. The van der Waals surface area contributed by atoms with Crippen molar-refractivity contribution in [3.63, 3.8) is 0 Å². The van der Waals surface area contributed by atoms with E-state index in [1.54, 1.807) is 42.3 Å². The van der Waals surface area contributed by atoms with Gasteiger partial charge >= 0.3 is 0 Å². The van der Waals surface area contributed by atoms with E-state index in [1.807, 2.05) is 6.07 Å². The zero-order chi connectivity index (χ0) is 15.4. The predicted octanol–water partition coefficient (Wildman–Crippen LogP) is 3.87. The van der Waals surface area contributed by atoms with Crippen molar-refractivity contribution in [1.29, 1.82) is 0 Å². The number of hydrogen-bond donors (Lipinski definition) is 0. The van der Waals surface area contributed by atoms with E-state index < -0.39 is 5.82 Å². The Morgan fingerprint density at radius 3 is 2.67 bits per heavy atom. The van der Waals surface area contributed by atoms with Crippen LogP contribution < -0.4 is 4.74 Å². The van der Waals surface area contributed by atoms with Crippen LogP contribution in [-0.2, 0) is 6.54 Å². The number of amides is 1. The number of hydrogen-bond acceptors (Lipinski definition) is 2. The number of benzene rings is 2. The summed E-state index contributed by atoms with van der Waals surface area (Å²) in [6.07, 6.45) is 0. The van der Waals surface area contributed by atoms with Crippen molar-refractivity contribution in [3.05, 3.63) is 63.9 Å². The molecule has 0 aliphatic carbocycles. The molecule has 1 amide bonds. The average molecular weight is 352 g/mol. The summed E-state index contributed by atoms with van der Waals surface area (Å²) in [6.45, 7) is 0.326. The molecule has 0 bridgehead atoms. The lowest BCUT2D eigenvalue weighted by atomic mass is 10.1. The number of carbonyl (C=O) groups is 1. The quantitative estimate of drug-likeness (QED) is 0.836. The van der Waals surface area contributed by atoms with Crippen LogP contribution >= 0.6 is 15.9 Å². The Kier molecular flexibility index (Phi) is 4.96. The van der Waals surface area contributed by atoms with Crippen LogP contribution in [-0.4, -0.2) is 25.0 Å². The summed E-state index contributed by atoms with van der Waals surface area (Å²) in [5.74, 6) is -0.356. The minimum absolute atomic E-state index is 0.118. The Hall–Kier alpha value is -1.88. The van der Waals surface area contributed by atoms with Gasteiger partial charge in [0.2, 0.25) is 0 Å². The second-order valence-corrected chi connectivity index (χ2v) is 5.56. The van der Waals surface area contributed by atoms with Gasteiger partial charge in [0.15, 0.2) is 11.6 Å². The van der Waals surface area contributed by atoms with Gasteiger partial charge in [0.1, 0.15) is 0 Å². The monoisotopic (exact) mass is 351 g/mol. The topological polar surface area (TPSA) is 29.5 Å². The number of ether oxygens (including phenoxy) is 1. The number of rotatable bonds is 4. The fourth-order valence-corrected chi connectivity index (χ4v) is 2.40. The summed E-state index contributed by atoms with van der Waals surface area (Å²) in [5, 5.41) is 0. The molecule has 0 aromatic heterocycles. The van der Waals surface area contributed by atoms with Crippen LogP contribution in [0, 0.1) is 5.82 Å². The van der Waals surface area contributed by atoms with E-state index in [4.69, 9.17) is 4.74 Å². The largest absolute Gasteiger partial charge is 0.494 e. The number of halogens is 2. The Morgan fingerprint density at radius 2 is 2.05 bits per heavy atom. The number of methoxy groups -OCH3 is 1. The molecule has 0 fully saturated rings. The molecule has 0 saturated carbocycles. The van der Waals surface area contributed by atoms with Crippen molar-refractivity contribution < 1.29 is 13.9 Å². The van der Waals surface area contributed by atoms with Gasteiger partial charge in [-0.05, 0) is 35.9 Å². The molecule has 2 aromatic rings. The van der Waals surface area contributed by atoms with Gasteiger partial charge in [-0.25, -0.2) is 4.39 Å². The van der Waals surface area contributed by atoms with Crippen LogP contribution in [0.5, 0.6) is 5.75 Å². The van der Waals surface area contributed by atoms with E-state index in [1.165, 1.54) is 13.2 Å². The Morgan fingerprint density at radius 1 is 1.29 bits per heavy atom. The molecule has 110 valence electrons. The lowest BCUT2D eigenvalue weighted by molar-refractivity contribution is 0.0785. The molecule has 2 rings (SSSR count). The summed E-state index contributed by atoms with van der Waals surface area (Å²) in [4.78, 5) is 13.8. The highest BCUT2D eigenvalue weighted by Gasteiger charge is 2.13. The smallest absolute Gasteiger partial charge is 0.253 e. The SMILES string of the molecule is COc1ccc(CN(C)C(=O)c2cccc(Br)c2)cc1F. The van der Waals surface area contributed by atoms with E-state index >= 15 is 0 Å². The van der Waals surface area contributed by atoms with E-state index in [-0.39, 0.29) is 11.7 Å². The fraction of sp³-hybridized carbons (Fsp3) is 0.188. The molecule has 0 spiro atoms. The maximum atomic E-state index is 13.6. The summed E-state index contributed by atoms with van der Waals surface area (Å²) in [7, 11) is 3.10. The number of carbonyl (C=O) groups excluding carboxylic acids is 1. The first-order valence-electron chi connectivity index (χ1n) is 6.34. The van der Waals surface area contributed by atoms with Crippen molar-refractivity contribution in [2.75, 3.05) is 14.2 Å². The van der Waals surface area contributed by atoms with Gasteiger partial charge in [-0.1, -0.05) is 28.1 Å². The Bertz CT molecular complexity index is 660. The molecule has 0 unspecified atom stereocenters. The fourth-order valence-electron chi connectivity index (χ4n) is 2.00. The highest BCUT2D eigenvalue weighted by atomic mass is 79.9. The molecule has 21 heavy (non-hydrogen) atoms. The van der Waals surface area contributed by atoms with Crippen LogP contribution in [0.4, 0.5) is 4.39 Å². The first-order valence-corrected chi connectivity index (χ1v) is 7.14. The molecule has 2 aromatic carbocycles. The van der Waals surface area contributed by atoms with Crippen LogP contribution in [0.1, 0.15) is 15.9 Å². The lowest BCUT2D eigenvalue weighted by Crippen LogP contribution is -2.26. The van der Waals surface area contributed by atoms with Gasteiger partial charge in [-0.2, -0.15) is 0 Å². The van der Waals surface area contributed by atoms with Crippen LogP contribution in [0.2, 0.25) is 0 Å². The summed E-state index contributed by atoms with van der Waals surface area (Å²) in [5.41, 5.74) is 1.29. The molecule has 0 radical (unpaired) electrons.